The number of hydrogen-bond acceptors (Lipinski definition) is 2. The number of rotatable bonds is 5. The first kappa shape index (κ1) is 9.96. The summed E-state index contributed by atoms with van der Waals surface area (Å²) in [7, 11) is 0. The van der Waals surface area contributed by atoms with E-state index in [1.54, 1.807) is 6.92 Å². The highest BCUT2D eigenvalue weighted by Crippen LogP contribution is 1.97. The van der Waals surface area contributed by atoms with Gasteiger partial charge in [-0.1, -0.05) is 13.3 Å². The van der Waals surface area contributed by atoms with Crippen molar-refractivity contribution >= 4 is 6.41 Å². The molecule has 1 amide bonds. The predicted octanol–water partition coefficient (Wildman–Crippen LogP) is 1.16. The zero-order valence-corrected chi connectivity index (χ0v) is 7.08. The van der Waals surface area contributed by atoms with Crippen LogP contribution in [0.15, 0.2) is 0 Å². The van der Waals surface area contributed by atoms with E-state index in [2.05, 4.69) is 6.92 Å². The Morgan fingerprint density at radius 3 is 2.73 bits per heavy atom. The normalized spacial score (nSPS) is 11.7. The summed E-state index contributed by atoms with van der Waals surface area (Å²) in [6, 6.07) is 1.73. The predicted molar refractivity (Wildman–Crippen MR) is 42.8 cm³/mol. The van der Waals surface area contributed by atoms with Crippen molar-refractivity contribution in [3.63, 3.8) is 0 Å². The molecule has 11 heavy (non-hydrogen) atoms. The van der Waals surface area contributed by atoms with Crippen LogP contribution < -0.4 is 0 Å². The van der Waals surface area contributed by atoms with E-state index in [0.717, 1.165) is 19.3 Å². The minimum atomic E-state index is -0.293. The van der Waals surface area contributed by atoms with Crippen molar-refractivity contribution in [2.75, 3.05) is 6.54 Å². The van der Waals surface area contributed by atoms with Crippen molar-refractivity contribution < 1.29 is 4.79 Å². The molecule has 0 heterocycles. The summed E-state index contributed by atoms with van der Waals surface area (Å²) in [5.41, 5.74) is 0. The number of nitrogens with zero attached hydrogens (tertiary/aromatic N) is 2. The summed E-state index contributed by atoms with van der Waals surface area (Å²) in [6.07, 6.45) is 2.75. The van der Waals surface area contributed by atoms with E-state index in [4.69, 9.17) is 5.26 Å². The zero-order chi connectivity index (χ0) is 8.69. The molecule has 0 aliphatic rings. The fourth-order valence-electron chi connectivity index (χ4n) is 0.752. The fourth-order valence-corrected chi connectivity index (χ4v) is 0.752. The molecular formula is C8H14N2O. The van der Waals surface area contributed by atoms with Gasteiger partial charge in [0.15, 0.2) is 0 Å². The SMILES string of the molecule is CCCCN(C=O)[C@@H](C)C#N. The van der Waals surface area contributed by atoms with Gasteiger partial charge >= 0.3 is 0 Å². The van der Waals surface area contributed by atoms with Gasteiger partial charge in [0.05, 0.1) is 6.07 Å². The van der Waals surface area contributed by atoms with Crippen molar-refractivity contribution in [3.8, 4) is 6.07 Å². The Bertz CT molecular complexity index is 151. The maximum Gasteiger partial charge on any atom is 0.210 e. The van der Waals surface area contributed by atoms with Crippen LogP contribution in [-0.4, -0.2) is 23.9 Å². The summed E-state index contributed by atoms with van der Waals surface area (Å²) >= 11 is 0. The molecule has 1 atom stereocenters. The number of nitriles is 1. The van der Waals surface area contributed by atoms with Gasteiger partial charge in [-0.2, -0.15) is 5.26 Å². The van der Waals surface area contributed by atoms with Crippen molar-refractivity contribution in [1.29, 1.82) is 5.26 Å². The van der Waals surface area contributed by atoms with Gasteiger partial charge in [-0.05, 0) is 13.3 Å². The number of carbonyl (C=O) groups excluding carboxylic acids is 1. The molecule has 0 rings (SSSR count). The lowest BCUT2D eigenvalue weighted by atomic mass is 10.3. The third-order valence-corrected chi connectivity index (χ3v) is 1.59. The van der Waals surface area contributed by atoms with E-state index in [-0.39, 0.29) is 6.04 Å². The molecule has 0 bridgehead atoms. The highest BCUT2D eigenvalue weighted by atomic mass is 16.1. The monoisotopic (exact) mass is 154 g/mol. The average Bonchev–Trinajstić information content (AvgIpc) is 2.05. The maximum absolute atomic E-state index is 10.4. The molecular weight excluding hydrogens is 140 g/mol. The van der Waals surface area contributed by atoms with E-state index >= 15 is 0 Å². The molecule has 0 fully saturated rings. The van der Waals surface area contributed by atoms with E-state index in [9.17, 15) is 4.79 Å². The Kier molecular flexibility index (Phi) is 5.18. The Labute approximate surface area is 67.6 Å². The minimum absolute atomic E-state index is 0.293. The van der Waals surface area contributed by atoms with Crippen LogP contribution in [0.4, 0.5) is 0 Å². The highest BCUT2D eigenvalue weighted by Gasteiger charge is 2.08. The fraction of sp³-hybridized carbons (Fsp3) is 0.750. The van der Waals surface area contributed by atoms with Crippen LogP contribution in [0, 0.1) is 11.3 Å². The van der Waals surface area contributed by atoms with Gasteiger partial charge in [-0.15, -0.1) is 0 Å². The molecule has 0 aliphatic carbocycles. The molecule has 0 unspecified atom stereocenters. The second kappa shape index (κ2) is 5.72. The molecule has 0 saturated carbocycles. The summed E-state index contributed by atoms with van der Waals surface area (Å²) in [4.78, 5) is 11.9. The van der Waals surface area contributed by atoms with Crippen LogP contribution in [-0.2, 0) is 4.79 Å². The van der Waals surface area contributed by atoms with Gasteiger partial charge in [0.25, 0.3) is 0 Å². The number of hydrogen-bond donors (Lipinski definition) is 0. The molecule has 0 aromatic heterocycles. The van der Waals surface area contributed by atoms with Gasteiger partial charge in [0.1, 0.15) is 6.04 Å². The number of amides is 1. The van der Waals surface area contributed by atoms with Gasteiger partial charge in [-0.3, -0.25) is 4.79 Å². The summed E-state index contributed by atoms with van der Waals surface area (Å²) in [5.74, 6) is 0. The second-order valence-corrected chi connectivity index (χ2v) is 2.50. The zero-order valence-electron chi connectivity index (χ0n) is 7.08. The minimum Gasteiger partial charge on any atom is -0.330 e. The lowest BCUT2D eigenvalue weighted by Gasteiger charge is -2.18. The lowest BCUT2D eigenvalue weighted by Crippen LogP contribution is -2.31. The molecule has 0 aromatic carbocycles. The molecule has 0 spiro atoms. The van der Waals surface area contributed by atoms with E-state index in [1.165, 1.54) is 4.90 Å². The Balaban J connectivity index is 3.77. The quantitative estimate of drug-likeness (QED) is 0.558. The molecule has 62 valence electrons. The summed E-state index contributed by atoms with van der Waals surface area (Å²) < 4.78 is 0. The third kappa shape index (κ3) is 3.61. The first-order chi connectivity index (χ1) is 5.26. The Morgan fingerprint density at radius 1 is 1.73 bits per heavy atom. The Hall–Kier alpha value is -1.04. The highest BCUT2D eigenvalue weighted by molar-refractivity contribution is 5.48. The number of carbonyl (C=O) groups is 1. The lowest BCUT2D eigenvalue weighted by molar-refractivity contribution is -0.119. The molecule has 3 nitrogen and oxygen atoms in total. The van der Waals surface area contributed by atoms with Crippen molar-refractivity contribution in [1.82, 2.24) is 4.90 Å². The van der Waals surface area contributed by atoms with Gasteiger partial charge < -0.3 is 4.90 Å². The standard InChI is InChI=1S/C8H14N2O/c1-3-4-5-10(7-11)8(2)6-9/h7-8H,3-5H2,1-2H3/t8-/m0/s1. The van der Waals surface area contributed by atoms with Crippen LogP contribution in [0.25, 0.3) is 0 Å². The topological polar surface area (TPSA) is 44.1 Å². The van der Waals surface area contributed by atoms with Crippen molar-refractivity contribution in [2.24, 2.45) is 0 Å². The molecule has 0 N–H and O–H groups in total. The molecule has 0 radical (unpaired) electrons. The smallest absolute Gasteiger partial charge is 0.210 e. The van der Waals surface area contributed by atoms with Crippen LogP contribution in [0.1, 0.15) is 26.7 Å². The molecule has 3 heteroatoms. The van der Waals surface area contributed by atoms with Crippen LogP contribution in [0.5, 0.6) is 0 Å². The van der Waals surface area contributed by atoms with Crippen molar-refractivity contribution in [3.05, 3.63) is 0 Å². The largest absolute Gasteiger partial charge is 0.330 e. The van der Waals surface area contributed by atoms with Crippen LogP contribution >= 0.6 is 0 Å². The van der Waals surface area contributed by atoms with Crippen LogP contribution in [0.2, 0.25) is 0 Å². The van der Waals surface area contributed by atoms with E-state index in [0.29, 0.717) is 6.54 Å². The second-order valence-electron chi connectivity index (χ2n) is 2.50. The first-order valence-corrected chi connectivity index (χ1v) is 3.87. The molecule has 0 saturated heterocycles. The maximum atomic E-state index is 10.4. The third-order valence-electron chi connectivity index (χ3n) is 1.59. The average molecular weight is 154 g/mol. The van der Waals surface area contributed by atoms with Crippen LogP contribution in [0.3, 0.4) is 0 Å². The molecule has 0 aromatic rings. The first-order valence-electron chi connectivity index (χ1n) is 3.87. The molecule has 0 aliphatic heterocycles. The summed E-state index contributed by atoms with van der Waals surface area (Å²) in [6.45, 7) is 4.47. The number of unbranched alkanes of at least 4 members (excludes halogenated alkanes) is 1. The van der Waals surface area contributed by atoms with Crippen molar-refractivity contribution in [2.45, 2.75) is 32.7 Å². The van der Waals surface area contributed by atoms with E-state index < -0.39 is 0 Å². The summed E-state index contributed by atoms with van der Waals surface area (Å²) in [5, 5.41) is 8.49. The van der Waals surface area contributed by atoms with E-state index in [1.807, 2.05) is 6.07 Å². The van der Waals surface area contributed by atoms with Gasteiger partial charge in [0.2, 0.25) is 6.41 Å². The van der Waals surface area contributed by atoms with Gasteiger partial charge in [-0.25, -0.2) is 0 Å². The van der Waals surface area contributed by atoms with Gasteiger partial charge in [0, 0.05) is 6.54 Å². The Morgan fingerprint density at radius 2 is 2.36 bits per heavy atom.